The van der Waals surface area contributed by atoms with Gasteiger partial charge in [-0.3, -0.25) is 4.79 Å². The first-order chi connectivity index (χ1) is 16.1. The topological polar surface area (TPSA) is 95.3 Å². The van der Waals surface area contributed by atoms with Crippen LogP contribution in [-0.4, -0.2) is 26.1 Å². The molecule has 1 aliphatic carbocycles. The van der Waals surface area contributed by atoms with Gasteiger partial charge in [-0.05, 0) is 72.9 Å². The van der Waals surface area contributed by atoms with Crippen molar-refractivity contribution in [3.8, 4) is 34.0 Å². The van der Waals surface area contributed by atoms with Crippen LogP contribution in [0, 0.1) is 0 Å². The van der Waals surface area contributed by atoms with Gasteiger partial charge in [-0.25, -0.2) is 9.97 Å². The molecule has 5 rings (SSSR count). The molecule has 0 atom stereocenters. The third kappa shape index (κ3) is 4.41. The number of hydrogen-bond acceptors (Lipinski definition) is 5. The number of anilines is 1. The first kappa shape index (κ1) is 20.7. The van der Waals surface area contributed by atoms with Gasteiger partial charge in [-0.2, -0.15) is 0 Å². The van der Waals surface area contributed by atoms with Crippen LogP contribution in [0.25, 0.3) is 22.5 Å². The number of amides is 1. The predicted octanol–water partition coefficient (Wildman–Crippen LogP) is 4.89. The van der Waals surface area contributed by atoms with Crippen molar-refractivity contribution in [3.05, 3.63) is 89.6 Å². The van der Waals surface area contributed by atoms with E-state index in [1.807, 2.05) is 36.4 Å². The number of aromatic hydroxyl groups is 2. The average molecular weight is 437 g/mol. The number of benzene rings is 3. The monoisotopic (exact) mass is 437 g/mol. The summed E-state index contributed by atoms with van der Waals surface area (Å²) in [5.74, 6) is 0.666. The molecule has 4 aromatic rings. The van der Waals surface area contributed by atoms with Crippen LogP contribution in [0.15, 0.2) is 72.8 Å². The molecular weight excluding hydrogens is 414 g/mol. The zero-order valence-corrected chi connectivity index (χ0v) is 18.0. The molecule has 164 valence electrons. The van der Waals surface area contributed by atoms with Crippen LogP contribution in [0.2, 0.25) is 0 Å². The Kier molecular flexibility index (Phi) is 5.48. The molecule has 0 spiro atoms. The predicted molar refractivity (Wildman–Crippen MR) is 127 cm³/mol. The highest BCUT2D eigenvalue weighted by molar-refractivity contribution is 5.94. The van der Waals surface area contributed by atoms with Crippen molar-refractivity contribution in [1.29, 1.82) is 0 Å². The second-order valence-electron chi connectivity index (χ2n) is 8.14. The van der Waals surface area contributed by atoms with E-state index >= 15 is 0 Å². The molecule has 0 bridgehead atoms. The van der Waals surface area contributed by atoms with Gasteiger partial charge in [0.2, 0.25) is 5.91 Å². The van der Waals surface area contributed by atoms with Gasteiger partial charge in [0.05, 0.1) is 11.4 Å². The minimum Gasteiger partial charge on any atom is -0.508 e. The average Bonchev–Trinajstić information content (AvgIpc) is 2.83. The van der Waals surface area contributed by atoms with E-state index in [1.54, 1.807) is 36.4 Å². The SMILES string of the molecule is O=C(CCc1ccccc1)Nc1nc2c(nc1-c1ccc(O)cc1)-c1ccc(O)cc1CC2. The molecule has 1 aromatic heterocycles. The van der Waals surface area contributed by atoms with E-state index in [4.69, 9.17) is 9.97 Å². The van der Waals surface area contributed by atoms with Crippen molar-refractivity contribution in [2.24, 2.45) is 0 Å². The summed E-state index contributed by atoms with van der Waals surface area (Å²) in [6.45, 7) is 0. The van der Waals surface area contributed by atoms with E-state index in [9.17, 15) is 15.0 Å². The maximum Gasteiger partial charge on any atom is 0.225 e. The normalized spacial score (nSPS) is 12.0. The Morgan fingerprint density at radius 2 is 1.61 bits per heavy atom. The summed E-state index contributed by atoms with van der Waals surface area (Å²) in [5, 5.41) is 22.5. The number of nitrogens with one attached hydrogen (secondary N) is 1. The molecule has 6 nitrogen and oxygen atoms in total. The quantitative estimate of drug-likeness (QED) is 0.413. The molecule has 0 radical (unpaired) electrons. The minimum atomic E-state index is -0.130. The Hall–Kier alpha value is -4.19. The van der Waals surface area contributed by atoms with Crippen molar-refractivity contribution in [2.75, 3.05) is 5.32 Å². The zero-order valence-electron chi connectivity index (χ0n) is 18.0. The zero-order chi connectivity index (χ0) is 22.8. The number of aryl methyl sites for hydroxylation is 3. The van der Waals surface area contributed by atoms with Crippen LogP contribution in [0.1, 0.15) is 23.2 Å². The molecule has 3 aromatic carbocycles. The lowest BCUT2D eigenvalue weighted by Crippen LogP contribution is -2.17. The number of phenols is 2. The number of rotatable bonds is 5. The van der Waals surface area contributed by atoms with Crippen LogP contribution in [0.4, 0.5) is 5.82 Å². The maximum absolute atomic E-state index is 12.8. The first-order valence-electron chi connectivity index (χ1n) is 10.9. The van der Waals surface area contributed by atoms with Gasteiger partial charge in [-0.15, -0.1) is 0 Å². The Balaban J connectivity index is 1.51. The highest BCUT2D eigenvalue weighted by Gasteiger charge is 2.23. The summed E-state index contributed by atoms with van der Waals surface area (Å²) in [6, 6.07) is 21.8. The highest BCUT2D eigenvalue weighted by atomic mass is 16.3. The highest BCUT2D eigenvalue weighted by Crippen LogP contribution is 2.37. The molecule has 0 saturated heterocycles. The molecular formula is C27H23N3O3. The Morgan fingerprint density at radius 1 is 0.848 bits per heavy atom. The molecule has 3 N–H and O–H groups in total. The first-order valence-corrected chi connectivity index (χ1v) is 10.9. The van der Waals surface area contributed by atoms with Gasteiger partial charge >= 0.3 is 0 Å². The maximum atomic E-state index is 12.8. The second kappa shape index (κ2) is 8.74. The van der Waals surface area contributed by atoms with E-state index < -0.39 is 0 Å². The Morgan fingerprint density at radius 3 is 2.39 bits per heavy atom. The van der Waals surface area contributed by atoms with Crippen LogP contribution in [-0.2, 0) is 24.1 Å². The molecule has 1 aliphatic rings. The van der Waals surface area contributed by atoms with E-state index in [0.29, 0.717) is 30.8 Å². The second-order valence-corrected chi connectivity index (χ2v) is 8.14. The summed E-state index contributed by atoms with van der Waals surface area (Å²) in [7, 11) is 0. The summed E-state index contributed by atoms with van der Waals surface area (Å²) in [6.07, 6.45) is 2.38. The third-order valence-corrected chi connectivity index (χ3v) is 5.83. The van der Waals surface area contributed by atoms with E-state index in [0.717, 1.165) is 40.1 Å². The van der Waals surface area contributed by atoms with Crippen LogP contribution in [0.3, 0.4) is 0 Å². The van der Waals surface area contributed by atoms with E-state index in [2.05, 4.69) is 5.32 Å². The van der Waals surface area contributed by atoms with E-state index in [-0.39, 0.29) is 17.4 Å². The van der Waals surface area contributed by atoms with Crippen molar-refractivity contribution >= 4 is 11.7 Å². The lowest BCUT2D eigenvalue weighted by Gasteiger charge is -2.21. The minimum absolute atomic E-state index is 0.130. The lowest BCUT2D eigenvalue weighted by molar-refractivity contribution is -0.116. The van der Waals surface area contributed by atoms with E-state index in [1.165, 1.54) is 0 Å². The van der Waals surface area contributed by atoms with Crippen LogP contribution >= 0.6 is 0 Å². The number of fused-ring (bicyclic) bond motifs is 3. The summed E-state index contributed by atoms with van der Waals surface area (Å²) in [5.41, 5.74) is 5.91. The van der Waals surface area contributed by atoms with Gasteiger partial charge in [0.15, 0.2) is 5.82 Å². The van der Waals surface area contributed by atoms with Gasteiger partial charge < -0.3 is 15.5 Å². The van der Waals surface area contributed by atoms with Crippen LogP contribution < -0.4 is 5.32 Å². The number of phenolic OH excluding ortho intramolecular Hbond substituents is 2. The summed E-state index contributed by atoms with van der Waals surface area (Å²) >= 11 is 0. The number of carbonyl (C=O) groups is 1. The van der Waals surface area contributed by atoms with Gasteiger partial charge in [-0.1, -0.05) is 30.3 Å². The fourth-order valence-electron chi connectivity index (χ4n) is 4.14. The molecule has 0 fully saturated rings. The Bertz CT molecular complexity index is 1320. The van der Waals surface area contributed by atoms with Gasteiger partial charge in [0, 0.05) is 17.5 Å². The number of carbonyl (C=O) groups excluding carboxylic acids is 1. The van der Waals surface area contributed by atoms with Crippen molar-refractivity contribution < 1.29 is 15.0 Å². The molecule has 0 saturated carbocycles. The summed E-state index contributed by atoms with van der Waals surface area (Å²) < 4.78 is 0. The van der Waals surface area contributed by atoms with Gasteiger partial charge in [0.25, 0.3) is 0 Å². The van der Waals surface area contributed by atoms with Crippen LogP contribution in [0.5, 0.6) is 11.5 Å². The molecule has 1 heterocycles. The molecule has 33 heavy (non-hydrogen) atoms. The Labute approximate surface area is 191 Å². The molecule has 0 unspecified atom stereocenters. The number of nitrogens with zero attached hydrogens (tertiary/aromatic N) is 2. The van der Waals surface area contributed by atoms with Gasteiger partial charge in [0.1, 0.15) is 17.2 Å². The van der Waals surface area contributed by atoms with Crippen molar-refractivity contribution in [1.82, 2.24) is 9.97 Å². The molecule has 6 heteroatoms. The fourth-order valence-corrected chi connectivity index (χ4v) is 4.14. The fraction of sp³-hybridized carbons (Fsp3) is 0.148. The number of hydrogen-bond donors (Lipinski definition) is 3. The van der Waals surface area contributed by atoms with Crippen molar-refractivity contribution in [2.45, 2.75) is 25.7 Å². The standard InChI is InChI=1S/C27H23N3O3/c31-20-10-7-18(8-11-20)25-27(29-24(33)15-6-17-4-2-1-3-5-17)28-23-14-9-19-16-21(32)12-13-22(19)26(23)30-25/h1-5,7-8,10-13,16,31-32H,6,9,14-15H2,(H,28,29,33). The summed E-state index contributed by atoms with van der Waals surface area (Å²) in [4.78, 5) is 22.5. The smallest absolute Gasteiger partial charge is 0.225 e. The number of aromatic nitrogens is 2. The van der Waals surface area contributed by atoms with Crippen molar-refractivity contribution in [3.63, 3.8) is 0 Å². The molecule has 0 aliphatic heterocycles. The third-order valence-electron chi connectivity index (χ3n) is 5.83. The largest absolute Gasteiger partial charge is 0.508 e. The lowest BCUT2D eigenvalue weighted by atomic mass is 9.91. The molecule has 1 amide bonds.